The van der Waals surface area contributed by atoms with Gasteiger partial charge in [0, 0.05) is 25.2 Å². The van der Waals surface area contributed by atoms with Crippen LogP contribution in [0.1, 0.15) is 13.8 Å². The molecule has 0 spiro atoms. The fraction of sp³-hybridized carbons (Fsp3) is 1.00. The van der Waals surface area contributed by atoms with Crippen molar-refractivity contribution in [3.63, 3.8) is 0 Å². The molecule has 2 saturated heterocycles. The quantitative estimate of drug-likeness (QED) is 0.635. The summed E-state index contributed by atoms with van der Waals surface area (Å²) in [4.78, 5) is 2.61. The van der Waals surface area contributed by atoms with Crippen LogP contribution in [0, 0.1) is 5.92 Å². The van der Waals surface area contributed by atoms with Crippen molar-refractivity contribution in [2.75, 3.05) is 32.8 Å². The Balaban J connectivity index is 1.97. The number of ether oxygens (including phenoxy) is 1. The minimum atomic E-state index is 0.598. The molecule has 3 heteroatoms. The standard InChI is InChI=1S/C10H20N2O/c1-8-5-11-6-10(8)12-3-4-13-7-9(12)2/h8-11H,3-7H2,1-2H3. The second kappa shape index (κ2) is 3.95. The molecule has 1 N–H and O–H groups in total. The van der Waals surface area contributed by atoms with Crippen LogP contribution in [-0.2, 0) is 4.74 Å². The van der Waals surface area contributed by atoms with Gasteiger partial charge in [0.1, 0.15) is 0 Å². The van der Waals surface area contributed by atoms with E-state index >= 15 is 0 Å². The predicted molar refractivity (Wildman–Crippen MR) is 52.8 cm³/mol. The molecule has 76 valence electrons. The molecule has 2 aliphatic rings. The van der Waals surface area contributed by atoms with Gasteiger partial charge in [0.05, 0.1) is 13.2 Å². The smallest absolute Gasteiger partial charge is 0.0619 e. The Morgan fingerprint density at radius 1 is 1.31 bits per heavy atom. The molecule has 0 saturated carbocycles. The van der Waals surface area contributed by atoms with Gasteiger partial charge < -0.3 is 10.1 Å². The lowest BCUT2D eigenvalue weighted by Crippen LogP contribution is -2.51. The highest BCUT2D eigenvalue weighted by atomic mass is 16.5. The molecule has 2 heterocycles. The maximum atomic E-state index is 5.44. The molecule has 0 bridgehead atoms. The summed E-state index contributed by atoms with van der Waals surface area (Å²) in [5, 5.41) is 3.46. The lowest BCUT2D eigenvalue weighted by atomic mass is 10.0. The molecule has 3 nitrogen and oxygen atoms in total. The van der Waals surface area contributed by atoms with Crippen LogP contribution in [0.2, 0.25) is 0 Å². The first kappa shape index (κ1) is 9.44. The van der Waals surface area contributed by atoms with Crippen molar-refractivity contribution in [2.45, 2.75) is 25.9 Å². The fourth-order valence-electron chi connectivity index (χ4n) is 2.47. The van der Waals surface area contributed by atoms with Gasteiger partial charge in [-0.05, 0) is 19.4 Å². The van der Waals surface area contributed by atoms with Gasteiger partial charge in [-0.2, -0.15) is 0 Å². The van der Waals surface area contributed by atoms with Crippen LogP contribution in [0.3, 0.4) is 0 Å². The van der Waals surface area contributed by atoms with Crippen LogP contribution in [0.25, 0.3) is 0 Å². The van der Waals surface area contributed by atoms with E-state index in [1.807, 2.05) is 0 Å². The maximum absolute atomic E-state index is 5.44. The molecule has 0 aromatic heterocycles. The third kappa shape index (κ3) is 1.87. The highest BCUT2D eigenvalue weighted by Gasteiger charge is 2.32. The minimum absolute atomic E-state index is 0.598. The largest absolute Gasteiger partial charge is 0.379 e. The number of hydrogen-bond acceptors (Lipinski definition) is 3. The number of nitrogens with one attached hydrogen (secondary N) is 1. The van der Waals surface area contributed by atoms with Crippen molar-refractivity contribution in [1.82, 2.24) is 10.2 Å². The second-order valence-corrected chi connectivity index (χ2v) is 4.36. The van der Waals surface area contributed by atoms with E-state index in [4.69, 9.17) is 4.74 Å². The minimum Gasteiger partial charge on any atom is -0.379 e. The number of nitrogens with zero attached hydrogens (tertiary/aromatic N) is 1. The summed E-state index contributed by atoms with van der Waals surface area (Å²) in [7, 11) is 0. The second-order valence-electron chi connectivity index (χ2n) is 4.36. The summed E-state index contributed by atoms with van der Waals surface area (Å²) in [6.07, 6.45) is 0. The summed E-state index contributed by atoms with van der Waals surface area (Å²) >= 11 is 0. The molecule has 0 aromatic rings. The molecule has 0 amide bonds. The molecule has 0 radical (unpaired) electrons. The maximum Gasteiger partial charge on any atom is 0.0619 e. The van der Waals surface area contributed by atoms with Crippen LogP contribution in [0.15, 0.2) is 0 Å². The van der Waals surface area contributed by atoms with Crippen LogP contribution in [-0.4, -0.2) is 49.8 Å². The summed E-state index contributed by atoms with van der Waals surface area (Å²) in [5.74, 6) is 0.792. The molecule has 3 unspecified atom stereocenters. The van der Waals surface area contributed by atoms with E-state index in [9.17, 15) is 0 Å². The van der Waals surface area contributed by atoms with Crippen LogP contribution < -0.4 is 5.32 Å². The van der Waals surface area contributed by atoms with Gasteiger partial charge in [0.2, 0.25) is 0 Å². The first-order valence-corrected chi connectivity index (χ1v) is 5.33. The van der Waals surface area contributed by atoms with E-state index in [0.717, 1.165) is 38.3 Å². The van der Waals surface area contributed by atoms with Crippen molar-refractivity contribution < 1.29 is 4.74 Å². The SMILES string of the molecule is CC1CNCC1N1CCOCC1C. The normalized spacial score (nSPS) is 42.5. The van der Waals surface area contributed by atoms with Gasteiger partial charge in [0.25, 0.3) is 0 Å². The Bertz CT molecular complexity index is 174. The number of hydrogen-bond donors (Lipinski definition) is 1. The van der Waals surface area contributed by atoms with Gasteiger partial charge in [-0.15, -0.1) is 0 Å². The zero-order chi connectivity index (χ0) is 9.26. The Kier molecular flexibility index (Phi) is 2.86. The molecule has 13 heavy (non-hydrogen) atoms. The summed E-state index contributed by atoms with van der Waals surface area (Å²) in [6.45, 7) is 9.87. The van der Waals surface area contributed by atoms with Crippen molar-refractivity contribution in [3.05, 3.63) is 0 Å². The fourth-order valence-corrected chi connectivity index (χ4v) is 2.47. The molecule has 0 aromatic carbocycles. The van der Waals surface area contributed by atoms with E-state index in [1.54, 1.807) is 0 Å². The topological polar surface area (TPSA) is 24.5 Å². The molecule has 2 fully saturated rings. The van der Waals surface area contributed by atoms with Crippen molar-refractivity contribution in [1.29, 1.82) is 0 Å². The average molecular weight is 184 g/mol. The summed E-state index contributed by atoms with van der Waals surface area (Å²) in [5.41, 5.74) is 0. The first-order chi connectivity index (χ1) is 6.29. The van der Waals surface area contributed by atoms with Gasteiger partial charge in [-0.1, -0.05) is 6.92 Å². The Morgan fingerprint density at radius 2 is 2.15 bits per heavy atom. The third-order valence-corrected chi connectivity index (χ3v) is 3.32. The first-order valence-electron chi connectivity index (χ1n) is 5.33. The van der Waals surface area contributed by atoms with Crippen LogP contribution >= 0.6 is 0 Å². The highest BCUT2D eigenvalue weighted by molar-refractivity contribution is 4.89. The molecule has 2 aliphatic heterocycles. The van der Waals surface area contributed by atoms with Gasteiger partial charge >= 0.3 is 0 Å². The molecular weight excluding hydrogens is 164 g/mol. The molecule has 0 aliphatic carbocycles. The van der Waals surface area contributed by atoms with Crippen LogP contribution in [0.5, 0.6) is 0 Å². The Hall–Kier alpha value is -0.120. The third-order valence-electron chi connectivity index (χ3n) is 3.32. The average Bonchev–Trinajstić information content (AvgIpc) is 2.52. The van der Waals surface area contributed by atoms with E-state index in [0.29, 0.717) is 6.04 Å². The molecule has 2 rings (SSSR count). The monoisotopic (exact) mass is 184 g/mol. The zero-order valence-electron chi connectivity index (χ0n) is 8.62. The Morgan fingerprint density at radius 3 is 2.77 bits per heavy atom. The van der Waals surface area contributed by atoms with E-state index in [-0.39, 0.29) is 0 Å². The lowest BCUT2D eigenvalue weighted by molar-refractivity contribution is -0.0250. The van der Waals surface area contributed by atoms with Crippen molar-refractivity contribution >= 4 is 0 Å². The van der Waals surface area contributed by atoms with E-state index in [1.165, 1.54) is 6.54 Å². The predicted octanol–water partition coefficient (Wildman–Crippen LogP) is 0.315. The molecule has 3 atom stereocenters. The molecular formula is C10H20N2O. The van der Waals surface area contributed by atoms with Crippen molar-refractivity contribution in [2.24, 2.45) is 5.92 Å². The number of morpholine rings is 1. The van der Waals surface area contributed by atoms with Crippen molar-refractivity contribution in [3.8, 4) is 0 Å². The van der Waals surface area contributed by atoms with Crippen LogP contribution in [0.4, 0.5) is 0 Å². The highest BCUT2D eigenvalue weighted by Crippen LogP contribution is 2.19. The van der Waals surface area contributed by atoms with Gasteiger partial charge in [0.15, 0.2) is 0 Å². The Labute approximate surface area is 80.4 Å². The van der Waals surface area contributed by atoms with Gasteiger partial charge in [-0.25, -0.2) is 0 Å². The van der Waals surface area contributed by atoms with Gasteiger partial charge in [-0.3, -0.25) is 4.90 Å². The van der Waals surface area contributed by atoms with E-state index in [2.05, 4.69) is 24.1 Å². The van der Waals surface area contributed by atoms with E-state index < -0.39 is 0 Å². The lowest BCUT2D eigenvalue weighted by Gasteiger charge is -2.39. The summed E-state index contributed by atoms with van der Waals surface area (Å²) < 4.78 is 5.44. The number of rotatable bonds is 1. The summed E-state index contributed by atoms with van der Waals surface area (Å²) in [6, 6.07) is 1.33. The zero-order valence-corrected chi connectivity index (χ0v) is 8.62.